The van der Waals surface area contributed by atoms with E-state index in [1.54, 1.807) is 6.92 Å². The van der Waals surface area contributed by atoms with Crippen LogP contribution < -0.4 is 5.32 Å². The maximum Gasteiger partial charge on any atom is 0.264 e. The van der Waals surface area contributed by atoms with Crippen LogP contribution in [0.4, 0.5) is 8.78 Å². The number of pyridine rings is 1. The normalized spacial score (nSPS) is 11.4. The first kappa shape index (κ1) is 24.3. The van der Waals surface area contributed by atoms with Gasteiger partial charge in [0.25, 0.3) is 6.43 Å². The topological polar surface area (TPSA) is 77.6 Å². The molecule has 3 heterocycles. The van der Waals surface area contributed by atoms with Gasteiger partial charge in [0.15, 0.2) is 5.65 Å². The molecule has 0 aliphatic rings. The summed E-state index contributed by atoms with van der Waals surface area (Å²) in [5, 5.41) is 12.2. The van der Waals surface area contributed by atoms with Crippen LogP contribution in [0.1, 0.15) is 34.6 Å². The number of para-hydroxylation sites is 1. The van der Waals surface area contributed by atoms with E-state index in [2.05, 4.69) is 20.5 Å². The Bertz CT molecular complexity index is 1580. The smallest absolute Gasteiger partial charge is 0.264 e. The van der Waals surface area contributed by atoms with Gasteiger partial charge >= 0.3 is 0 Å². The molecular weight excluding hydrogens is 474 g/mol. The largest absolute Gasteiger partial charge is 0.350 e. The summed E-state index contributed by atoms with van der Waals surface area (Å²) in [5.41, 5.74) is 5.24. The van der Waals surface area contributed by atoms with Crippen molar-refractivity contribution in [2.45, 2.75) is 40.3 Å². The fourth-order valence-electron chi connectivity index (χ4n) is 4.56. The number of carbonyl (C=O) groups is 1. The lowest BCUT2D eigenvalue weighted by atomic mass is 10.1. The van der Waals surface area contributed by atoms with Crippen LogP contribution in [0.3, 0.4) is 0 Å². The van der Waals surface area contributed by atoms with Crippen LogP contribution in [-0.2, 0) is 17.9 Å². The first-order valence-electron chi connectivity index (χ1n) is 11.9. The molecule has 3 aromatic heterocycles. The van der Waals surface area contributed by atoms with Crippen molar-refractivity contribution < 1.29 is 13.6 Å². The summed E-state index contributed by atoms with van der Waals surface area (Å²) < 4.78 is 31.2. The number of aromatic nitrogens is 5. The Labute approximate surface area is 212 Å². The van der Waals surface area contributed by atoms with E-state index in [1.165, 1.54) is 10.7 Å². The Hall–Kier alpha value is -4.40. The van der Waals surface area contributed by atoms with Gasteiger partial charge in [-0.2, -0.15) is 10.2 Å². The SMILES string of the molecule is Cc1nn(-c2ccccc2)c(C)c1CNC(=O)Cn1nc(C)c2c(C(F)F)cc(-c3ccccc3)nc21. The van der Waals surface area contributed by atoms with Crippen molar-refractivity contribution >= 4 is 16.9 Å². The monoisotopic (exact) mass is 500 g/mol. The fraction of sp³-hybridized carbons (Fsp3) is 0.214. The number of carbonyl (C=O) groups excluding carboxylic acids is 1. The number of nitrogens with zero attached hydrogens (tertiary/aromatic N) is 5. The average molecular weight is 501 g/mol. The first-order chi connectivity index (χ1) is 17.8. The highest BCUT2D eigenvalue weighted by atomic mass is 19.3. The molecule has 1 amide bonds. The summed E-state index contributed by atoms with van der Waals surface area (Å²) in [6.07, 6.45) is -2.70. The third-order valence-corrected chi connectivity index (χ3v) is 6.41. The molecule has 0 saturated heterocycles. The molecule has 0 bridgehead atoms. The summed E-state index contributed by atoms with van der Waals surface area (Å²) >= 11 is 0. The van der Waals surface area contributed by atoms with E-state index < -0.39 is 6.43 Å². The van der Waals surface area contributed by atoms with Crippen molar-refractivity contribution in [2.24, 2.45) is 0 Å². The standard InChI is InChI=1S/C28H26F2N6O/c1-17-23(19(3)36(34-17)21-12-8-5-9-13-21)15-31-25(37)16-35-28-26(18(2)33-35)22(27(29)30)14-24(32-28)20-10-6-4-7-11-20/h4-14,27H,15-16H2,1-3H3,(H,31,37). The van der Waals surface area contributed by atoms with Crippen LogP contribution in [0.15, 0.2) is 66.7 Å². The van der Waals surface area contributed by atoms with E-state index in [9.17, 15) is 13.6 Å². The number of hydrogen-bond donors (Lipinski definition) is 1. The fourth-order valence-corrected chi connectivity index (χ4v) is 4.56. The third-order valence-electron chi connectivity index (χ3n) is 6.41. The van der Waals surface area contributed by atoms with Crippen LogP contribution in [0, 0.1) is 20.8 Å². The third kappa shape index (κ3) is 4.72. The molecule has 188 valence electrons. The Kier molecular flexibility index (Phi) is 6.52. The van der Waals surface area contributed by atoms with Gasteiger partial charge in [-0.3, -0.25) is 4.79 Å². The number of fused-ring (bicyclic) bond motifs is 1. The highest BCUT2D eigenvalue weighted by molar-refractivity contribution is 5.87. The summed E-state index contributed by atoms with van der Waals surface area (Å²) in [5.74, 6) is -0.304. The maximum absolute atomic E-state index is 14.0. The molecule has 0 aliphatic carbocycles. The molecule has 1 N–H and O–H groups in total. The van der Waals surface area contributed by atoms with Gasteiger partial charge in [-0.1, -0.05) is 48.5 Å². The second-order valence-electron chi connectivity index (χ2n) is 8.88. The molecule has 0 spiro atoms. The number of nitrogens with one attached hydrogen (secondary N) is 1. The lowest BCUT2D eigenvalue weighted by Crippen LogP contribution is -2.28. The van der Waals surface area contributed by atoms with Gasteiger partial charge in [0.05, 0.1) is 28.2 Å². The Morgan fingerprint density at radius 1 is 0.946 bits per heavy atom. The Balaban J connectivity index is 1.41. The minimum atomic E-state index is -2.70. The van der Waals surface area contributed by atoms with Gasteiger partial charge in [-0.05, 0) is 39.0 Å². The lowest BCUT2D eigenvalue weighted by molar-refractivity contribution is -0.121. The molecule has 9 heteroatoms. The van der Waals surface area contributed by atoms with E-state index >= 15 is 0 Å². The van der Waals surface area contributed by atoms with Crippen LogP contribution in [0.5, 0.6) is 0 Å². The number of hydrogen-bond acceptors (Lipinski definition) is 4. The van der Waals surface area contributed by atoms with Crippen LogP contribution >= 0.6 is 0 Å². The van der Waals surface area contributed by atoms with E-state index in [0.29, 0.717) is 17.0 Å². The van der Waals surface area contributed by atoms with Gasteiger partial charge in [0.2, 0.25) is 5.91 Å². The van der Waals surface area contributed by atoms with Crippen LogP contribution in [0.2, 0.25) is 0 Å². The molecule has 0 fully saturated rings. The zero-order valence-corrected chi connectivity index (χ0v) is 20.7. The van der Waals surface area contributed by atoms with Gasteiger partial charge in [-0.15, -0.1) is 0 Å². The predicted molar refractivity (Wildman–Crippen MR) is 138 cm³/mol. The number of rotatable bonds is 7. The van der Waals surface area contributed by atoms with Crippen molar-refractivity contribution in [2.75, 3.05) is 0 Å². The highest BCUT2D eigenvalue weighted by Gasteiger charge is 2.22. The minimum Gasteiger partial charge on any atom is -0.350 e. The van der Waals surface area contributed by atoms with Gasteiger partial charge < -0.3 is 5.32 Å². The van der Waals surface area contributed by atoms with Gasteiger partial charge in [-0.25, -0.2) is 23.1 Å². The quantitative estimate of drug-likeness (QED) is 0.322. The number of aryl methyl sites for hydroxylation is 2. The van der Waals surface area contributed by atoms with Gasteiger partial charge in [0.1, 0.15) is 6.54 Å². The molecule has 7 nitrogen and oxygen atoms in total. The number of halogens is 2. The number of benzene rings is 2. The molecule has 0 atom stereocenters. The van der Waals surface area contributed by atoms with Crippen molar-refractivity contribution in [1.29, 1.82) is 0 Å². The van der Waals surface area contributed by atoms with E-state index in [0.717, 1.165) is 22.6 Å². The van der Waals surface area contributed by atoms with Crippen molar-refractivity contribution in [3.05, 3.63) is 94.9 Å². The van der Waals surface area contributed by atoms with Crippen LogP contribution in [-0.4, -0.2) is 30.5 Å². The summed E-state index contributed by atoms with van der Waals surface area (Å²) in [6, 6.07) is 20.3. The Morgan fingerprint density at radius 2 is 1.62 bits per heavy atom. The molecule has 0 unspecified atom stereocenters. The Morgan fingerprint density at radius 3 is 2.30 bits per heavy atom. The van der Waals surface area contributed by atoms with Gasteiger partial charge in [0, 0.05) is 28.9 Å². The second kappa shape index (κ2) is 9.93. The van der Waals surface area contributed by atoms with Crippen molar-refractivity contribution in [3.63, 3.8) is 0 Å². The molecule has 37 heavy (non-hydrogen) atoms. The zero-order chi connectivity index (χ0) is 26.1. The lowest BCUT2D eigenvalue weighted by Gasteiger charge is -2.10. The number of amides is 1. The summed E-state index contributed by atoms with van der Waals surface area (Å²) in [4.78, 5) is 17.6. The van der Waals surface area contributed by atoms with E-state index in [4.69, 9.17) is 0 Å². The molecular formula is C28H26F2N6O. The minimum absolute atomic E-state index is 0.146. The molecule has 0 radical (unpaired) electrons. The summed E-state index contributed by atoms with van der Waals surface area (Å²) in [7, 11) is 0. The molecule has 2 aromatic carbocycles. The maximum atomic E-state index is 14.0. The zero-order valence-electron chi connectivity index (χ0n) is 20.7. The van der Waals surface area contributed by atoms with Crippen molar-refractivity contribution in [3.8, 4) is 16.9 Å². The highest BCUT2D eigenvalue weighted by Crippen LogP contribution is 2.33. The first-order valence-corrected chi connectivity index (χ1v) is 11.9. The average Bonchev–Trinajstić information content (AvgIpc) is 3.37. The molecule has 0 saturated carbocycles. The second-order valence-corrected chi connectivity index (χ2v) is 8.88. The van der Waals surface area contributed by atoms with E-state index in [-0.39, 0.29) is 35.6 Å². The predicted octanol–water partition coefficient (Wildman–Crippen LogP) is 5.46. The molecule has 0 aliphatic heterocycles. The van der Waals surface area contributed by atoms with Crippen LogP contribution in [0.25, 0.3) is 28.0 Å². The number of alkyl halides is 2. The van der Waals surface area contributed by atoms with Crippen molar-refractivity contribution in [1.82, 2.24) is 29.9 Å². The molecule has 5 rings (SSSR count). The molecule has 5 aromatic rings. The summed E-state index contributed by atoms with van der Waals surface area (Å²) in [6.45, 7) is 5.64. The van der Waals surface area contributed by atoms with E-state index in [1.807, 2.05) is 79.2 Å².